The Morgan fingerprint density at radius 2 is 1.30 bits per heavy atom. The molecule has 0 rings (SSSR count). The summed E-state index contributed by atoms with van der Waals surface area (Å²) in [6, 6.07) is 0. The molecule has 0 aliphatic heterocycles. The summed E-state index contributed by atoms with van der Waals surface area (Å²) in [4.78, 5) is 19.4. The molecule has 0 atom stereocenters. The van der Waals surface area contributed by atoms with Gasteiger partial charge in [-0.2, -0.15) is 0 Å². The Kier molecular flexibility index (Phi) is 13.8. The summed E-state index contributed by atoms with van der Waals surface area (Å²) >= 11 is 0. The Morgan fingerprint density at radius 1 is 1.10 bits per heavy atom. The van der Waals surface area contributed by atoms with E-state index in [2.05, 4.69) is 6.92 Å². The summed E-state index contributed by atoms with van der Waals surface area (Å²) in [5.41, 5.74) is 0. The van der Waals surface area contributed by atoms with Crippen molar-refractivity contribution >= 4 is 71.1 Å². The number of rotatable bonds is 2. The monoisotopic (exact) mass is 165 g/mol. The molecule has 10 heavy (non-hydrogen) atoms. The zero-order valence-electron chi connectivity index (χ0n) is 4.00. The SMILES string of the molecule is [CH2]C(C(=O)O)C(=O)O.[NaH].[NaH]. The maximum atomic E-state index is 9.70. The fourth-order valence-electron chi connectivity index (χ4n) is 0.106. The van der Waals surface area contributed by atoms with Gasteiger partial charge in [-0.25, -0.2) is 0 Å². The topological polar surface area (TPSA) is 74.6 Å². The van der Waals surface area contributed by atoms with Crippen LogP contribution >= 0.6 is 0 Å². The van der Waals surface area contributed by atoms with Crippen LogP contribution in [-0.2, 0) is 9.59 Å². The van der Waals surface area contributed by atoms with E-state index in [9.17, 15) is 9.59 Å². The minimum atomic E-state index is -1.55. The summed E-state index contributed by atoms with van der Waals surface area (Å²) in [5.74, 6) is -4.38. The van der Waals surface area contributed by atoms with E-state index < -0.39 is 17.9 Å². The van der Waals surface area contributed by atoms with E-state index in [1.165, 1.54) is 0 Å². The van der Waals surface area contributed by atoms with Gasteiger partial charge in [0, 0.05) is 0 Å². The van der Waals surface area contributed by atoms with Gasteiger partial charge in [-0.3, -0.25) is 9.59 Å². The third-order valence-electron chi connectivity index (χ3n) is 0.596. The van der Waals surface area contributed by atoms with Crippen LogP contribution in [0.1, 0.15) is 0 Å². The Hall–Kier alpha value is 0.940. The van der Waals surface area contributed by atoms with Crippen molar-refractivity contribution in [3.05, 3.63) is 6.92 Å². The van der Waals surface area contributed by atoms with Crippen molar-refractivity contribution in [3.8, 4) is 0 Å². The molecule has 0 unspecified atom stereocenters. The first-order valence-electron chi connectivity index (χ1n) is 1.84. The molecular weight excluding hydrogens is 158 g/mol. The first-order valence-corrected chi connectivity index (χ1v) is 1.84. The number of aliphatic carboxylic acids is 2. The van der Waals surface area contributed by atoms with Gasteiger partial charge in [-0.15, -0.1) is 0 Å². The third-order valence-corrected chi connectivity index (χ3v) is 0.596. The van der Waals surface area contributed by atoms with Crippen LogP contribution in [0.2, 0.25) is 0 Å². The van der Waals surface area contributed by atoms with E-state index in [4.69, 9.17) is 10.2 Å². The molecule has 49 valence electrons. The summed E-state index contributed by atoms with van der Waals surface area (Å²) in [5, 5.41) is 15.8. The average molecular weight is 165 g/mol. The second kappa shape index (κ2) is 8.04. The number of carbonyl (C=O) groups is 2. The first kappa shape index (κ1) is 17.1. The van der Waals surface area contributed by atoms with Gasteiger partial charge >= 0.3 is 71.1 Å². The molecule has 4 nitrogen and oxygen atoms in total. The molecule has 2 N–H and O–H groups in total. The Morgan fingerprint density at radius 3 is 1.30 bits per heavy atom. The zero-order chi connectivity index (χ0) is 6.73. The molecule has 6 heteroatoms. The Bertz CT molecular complexity index is 110. The quantitative estimate of drug-likeness (QED) is 0.378. The fraction of sp³-hybridized carbons (Fsp3) is 0.250. The zero-order valence-corrected chi connectivity index (χ0v) is 4.00. The molecule has 0 bridgehead atoms. The molecule has 0 saturated heterocycles. The van der Waals surface area contributed by atoms with E-state index in [1.54, 1.807) is 0 Å². The van der Waals surface area contributed by atoms with Crippen molar-refractivity contribution in [2.75, 3.05) is 0 Å². The second-order valence-electron chi connectivity index (χ2n) is 1.23. The molecular formula is C4H7Na2O4. The normalized spacial score (nSPS) is 7.40. The van der Waals surface area contributed by atoms with Gasteiger partial charge in [0.1, 0.15) is 0 Å². The summed E-state index contributed by atoms with van der Waals surface area (Å²) < 4.78 is 0. The van der Waals surface area contributed by atoms with Crippen LogP contribution in [0, 0.1) is 12.8 Å². The van der Waals surface area contributed by atoms with Crippen molar-refractivity contribution in [3.63, 3.8) is 0 Å². The van der Waals surface area contributed by atoms with E-state index in [0.717, 1.165) is 0 Å². The van der Waals surface area contributed by atoms with Gasteiger partial charge in [0.25, 0.3) is 0 Å². The third kappa shape index (κ3) is 7.05. The van der Waals surface area contributed by atoms with E-state index in [1.807, 2.05) is 0 Å². The molecule has 0 aromatic heterocycles. The van der Waals surface area contributed by atoms with Crippen LogP contribution < -0.4 is 0 Å². The van der Waals surface area contributed by atoms with Gasteiger partial charge in [0.05, 0.1) is 0 Å². The second-order valence-corrected chi connectivity index (χ2v) is 1.23. The summed E-state index contributed by atoms with van der Waals surface area (Å²) in [6.45, 7) is 2.84. The van der Waals surface area contributed by atoms with Gasteiger partial charge < -0.3 is 10.2 Å². The Balaban J connectivity index is -0.000000245. The molecule has 1 radical (unpaired) electrons. The first-order chi connectivity index (χ1) is 3.55. The molecule has 0 aliphatic rings. The van der Waals surface area contributed by atoms with Crippen LogP contribution in [0.3, 0.4) is 0 Å². The van der Waals surface area contributed by atoms with Crippen LogP contribution in [0.25, 0.3) is 0 Å². The maximum absolute atomic E-state index is 9.70. The van der Waals surface area contributed by atoms with Crippen molar-refractivity contribution < 1.29 is 19.8 Å². The molecule has 0 fully saturated rings. The van der Waals surface area contributed by atoms with E-state index >= 15 is 0 Å². The summed E-state index contributed by atoms with van der Waals surface area (Å²) in [6.07, 6.45) is 0. The minimum absolute atomic E-state index is 0. The van der Waals surface area contributed by atoms with Crippen LogP contribution in [-0.4, -0.2) is 81.3 Å². The van der Waals surface area contributed by atoms with E-state index in [0.29, 0.717) is 0 Å². The number of carboxylic acid groups (broad SMARTS) is 2. The fourth-order valence-corrected chi connectivity index (χ4v) is 0.106. The molecule has 0 aliphatic carbocycles. The summed E-state index contributed by atoms with van der Waals surface area (Å²) in [7, 11) is 0. The molecule has 0 aromatic rings. The van der Waals surface area contributed by atoms with Crippen molar-refractivity contribution in [2.24, 2.45) is 5.92 Å². The van der Waals surface area contributed by atoms with Gasteiger partial charge in [-0.1, -0.05) is 0 Å². The number of carboxylic acids is 2. The Labute approximate surface area is 103 Å². The van der Waals surface area contributed by atoms with E-state index in [-0.39, 0.29) is 59.1 Å². The van der Waals surface area contributed by atoms with Crippen molar-refractivity contribution in [2.45, 2.75) is 0 Å². The molecule has 0 heterocycles. The molecule has 0 spiro atoms. The number of hydrogen-bond acceptors (Lipinski definition) is 2. The van der Waals surface area contributed by atoms with Gasteiger partial charge in [-0.05, 0) is 6.92 Å². The van der Waals surface area contributed by atoms with Crippen molar-refractivity contribution in [1.82, 2.24) is 0 Å². The predicted molar refractivity (Wildman–Crippen MR) is 38.4 cm³/mol. The van der Waals surface area contributed by atoms with Gasteiger partial charge in [0.15, 0.2) is 5.92 Å². The predicted octanol–water partition coefficient (Wildman–Crippen LogP) is -1.69. The van der Waals surface area contributed by atoms with Crippen LogP contribution in [0.5, 0.6) is 0 Å². The molecule has 0 amide bonds. The molecule has 0 saturated carbocycles. The van der Waals surface area contributed by atoms with Gasteiger partial charge in [0.2, 0.25) is 0 Å². The standard InChI is InChI=1S/C4H5O4.2Na.2H/c1-2(3(5)6)4(7)8;;;;/h2H,1H2,(H,5,6)(H,7,8);;;;. The average Bonchev–Trinajstić information content (AvgIpc) is 1.64. The number of hydrogen-bond donors (Lipinski definition) is 2. The van der Waals surface area contributed by atoms with Crippen LogP contribution in [0.4, 0.5) is 0 Å². The van der Waals surface area contributed by atoms with Crippen LogP contribution in [0.15, 0.2) is 0 Å². The molecule has 0 aromatic carbocycles. The van der Waals surface area contributed by atoms with Crippen molar-refractivity contribution in [1.29, 1.82) is 0 Å².